The van der Waals surface area contributed by atoms with Gasteiger partial charge in [-0.1, -0.05) is 33.6 Å². The molecule has 0 aliphatic heterocycles. The Labute approximate surface area is 139 Å². The summed E-state index contributed by atoms with van der Waals surface area (Å²) < 4.78 is 2.95. The third-order valence-corrected chi connectivity index (χ3v) is 4.58. The Morgan fingerprint density at radius 2 is 1.95 bits per heavy atom. The average Bonchev–Trinajstić information content (AvgIpc) is 2.64. The summed E-state index contributed by atoms with van der Waals surface area (Å²) in [6, 6.07) is 6.26. The molecule has 0 atom stereocenters. The molecule has 0 radical (unpaired) electrons. The summed E-state index contributed by atoms with van der Waals surface area (Å²) >= 11 is 9.86. The topological polar surface area (TPSA) is 29.9 Å². The molecule has 0 bridgehead atoms. The number of rotatable bonds is 3. The van der Waals surface area contributed by atoms with Crippen molar-refractivity contribution in [2.75, 3.05) is 0 Å². The Balaban J connectivity index is 2.28. The van der Waals surface area contributed by atoms with Gasteiger partial charge in [0.05, 0.1) is 22.1 Å². The zero-order valence-corrected chi connectivity index (χ0v) is 15.4. The predicted molar refractivity (Wildman–Crippen MR) is 92.3 cm³/mol. The molecule has 0 saturated heterocycles. The summed E-state index contributed by atoms with van der Waals surface area (Å²) in [5.74, 6) is 0. The van der Waals surface area contributed by atoms with E-state index in [0.29, 0.717) is 0 Å². The van der Waals surface area contributed by atoms with Crippen molar-refractivity contribution in [3.05, 3.63) is 44.6 Å². The van der Waals surface area contributed by atoms with Crippen molar-refractivity contribution in [2.24, 2.45) is 0 Å². The standard InChI is InChI=1S/C16H21BrClN3/c1-10-15(18)11(2)21(20-10)13-7-6-12(14(17)8-13)9-19-16(3,4)5/h6-8,19H,9H2,1-5H3. The molecule has 2 rings (SSSR count). The normalized spacial score (nSPS) is 12.0. The summed E-state index contributed by atoms with van der Waals surface area (Å²) in [7, 11) is 0. The van der Waals surface area contributed by atoms with Crippen molar-refractivity contribution in [2.45, 2.75) is 46.7 Å². The molecule has 3 nitrogen and oxygen atoms in total. The quantitative estimate of drug-likeness (QED) is 0.841. The molecule has 0 fully saturated rings. The third-order valence-electron chi connectivity index (χ3n) is 3.29. The fraction of sp³-hybridized carbons (Fsp3) is 0.438. The number of benzene rings is 1. The van der Waals surface area contributed by atoms with Gasteiger partial charge in [0.15, 0.2) is 0 Å². The van der Waals surface area contributed by atoms with Gasteiger partial charge in [0, 0.05) is 16.6 Å². The van der Waals surface area contributed by atoms with E-state index in [-0.39, 0.29) is 5.54 Å². The minimum absolute atomic E-state index is 0.0985. The van der Waals surface area contributed by atoms with Crippen molar-refractivity contribution in [1.29, 1.82) is 0 Å². The molecule has 21 heavy (non-hydrogen) atoms. The van der Waals surface area contributed by atoms with E-state index in [1.807, 2.05) is 18.5 Å². The number of nitrogens with one attached hydrogen (secondary N) is 1. The highest BCUT2D eigenvalue weighted by Crippen LogP contribution is 2.26. The monoisotopic (exact) mass is 369 g/mol. The number of hydrogen-bond donors (Lipinski definition) is 1. The van der Waals surface area contributed by atoms with Gasteiger partial charge >= 0.3 is 0 Å². The van der Waals surface area contributed by atoms with Crippen LogP contribution in [0.4, 0.5) is 0 Å². The SMILES string of the molecule is Cc1nn(-c2ccc(CNC(C)(C)C)c(Br)c2)c(C)c1Cl. The van der Waals surface area contributed by atoms with E-state index in [9.17, 15) is 0 Å². The molecule has 2 aromatic rings. The Hall–Kier alpha value is -0.840. The van der Waals surface area contributed by atoms with Crippen LogP contribution in [-0.4, -0.2) is 15.3 Å². The molecule has 1 N–H and O–H groups in total. The van der Waals surface area contributed by atoms with E-state index in [4.69, 9.17) is 11.6 Å². The van der Waals surface area contributed by atoms with Crippen molar-refractivity contribution in [3.8, 4) is 5.69 Å². The lowest BCUT2D eigenvalue weighted by atomic mass is 10.1. The molecule has 0 saturated carbocycles. The van der Waals surface area contributed by atoms with E-state index in [0.717, 1.165) is 33.1 Å². The number of aromatic nitrogens is 2. The van der Waals surface area contributed by atoms with Gasteiger partial charge in [-0.25, -0.2) is 4.68 Å². The van der Waals surface area contributed by atoms with Crippen molar-refractivity contribution in [3.63, 3.8) is 0 Å². The first-order valence-electron chi connectivity index (χ1n) is 6.94. The molecular weight excluding hydrogens is 350 g/mol. The van der Waals surface area contributed by atoms with Crippen molar-refractivity contribution < 1.29 is 0 Å². The first-order valence-corrected chi connectivity index (χ1v) is 8.11. The van der Waals surface area contributed by atoms with Crippen molar-refractivity contribution in [1.82, 2.24) is 15.1 Å². The van der Waals surface area contributed by atoms with Gasteiger partial charge in [-0.3, -0.25) is 0 Å². The summed E-state index contributed by atoms with van der Waals surface area (Å²) in [5, 5.41) is 8.70. The van der Waals surface area contributed by atoms with Gasteiger partial charge in [-0.2, -0.15) is 5.10 Å². The zero-order chi connectivity index (χ0) is 15.8. The highest BCUT2D eigenvalue weighted by Gasteiger charge is 2.13. The lowest BCUT2D eigenvalue weighted by molar-refractivity contribution is 0.424. The molecule has 0 aliphatic carbocycles. The summed E-state index contributed by atoms with van der Waals surface area (Å²) in [5.41, 5.74) is 4.14. The number of halogens is 2. The lowest BCUT2D eigenvalue weighted by Gasteiger charge is -2.21. The van der Waals surface area contributed by atoms with Gasteiger partial charge in [0.2, 0.25) is 0 Å². The third kappa shape index (κ3) is 3.87. The van der Waals surface area contributed by atoms with Crippen LogP contribution in [0.15, 0.2) is 22.7 Å². The number of aryl methyl sites for hydroxylation is 1. The second-order valence-electron chi connectivity index (χ2n) is 6.28. The van der Waals surface area contributed by atoms with Crippen molar-refractivity contribution >= 4 is 27.5 Å². The summed E-state index contributed by atoms with van der Waals surface area (Å²) in [4.78, 5) is 0. The molecule has 1 heterocycles. The van der Waals surface area contributed by atoms with E-state index in [2.05, 4.69) is 65.3 Å². The van der Waals surface area contributed by atoms with Gasteiger partial charge in [0.25, 0.3) is 0 Å². The maximum Gasteiger partial charge on any atom is 0.0848 e. The van der Waals surface area contributed by atoms with Gasteiger partial charge in [-0.15, -0.1) is 0 Å². The first-order chi connectivity index (χ1) is 9.69. The van der Waals surface area contributed by atoms with Gasteiger partial charge in [0.1, 0.15) is 0 Å². The first kappa shape index (κ1) is 16.5. The smallest absolute Gasteiger partial charge is 0.0848 e. The van der Waals surface area contributed by atoms with Crippen LogP contribution in [-0.2, 0) is 6.54 Å². The fourth-order valence-corrected chi connectivity index (χ4v) is 2.67. The maximum atomic E-state index is 6.21. The second kappa shape index (κ2) is 6.11. The largest absolute Gasteiger partial charge is 0.308 e. The Bertz CT molecular complexity index is 656. The highest BCUT2D eigenvalue weighted by atomic mass is 79.9. The van der Waals surface area contributed by atoms with E-state index in [1.165, 1.54) is 5.56 Å². The minimum atomic E-state index is 0.0985. The van der Waals surface area contributed by atoms with E-state index in [1.54, 1.807) is 0 Å². The molecule has 114 valence electrons. The lowest BCUT2D eigenvalue weighted by Crippen LogP contribution is -2.35. The molecule has 0 amide bonds. The fourth-order valence-electron chi connectivity index (χ4n) is 2.05. The minimum Gasteiger partial charge on any atom is -0.308 e. The predicted octanol–water partition coefficient (Wildman–Crippen LogP) is 4.79. The zero-order valence-electron chi connectivity index (χ0n) is 13.1. The summed E-state index contributed by atoms with van der Waals surface area (Å²) in [6.45, 7) is 11.2. The average molecular weight is 371 g/mol. The van der Waals surface area contributed by atoms with Crippen LogP contribution in [0.5, 0.6) is 0 Å². The highest BCUT2D eigenvalue weighted by molar-refractivity contribution is 9.10. The number of nitrogens with zero attached hydrogens (tertiary/aromatic N) is 2. The van der Waals surface area contributed by atoms with E-state index < -0.39 is 0 Å². The van der Waals surface area contributed by atoms with Crippen LogP contribution in [0.25, 0.3) is 5.69 Å². The van der Waals surface area contributed by atoms with Gasteiger partial charge < -0.3 is 5.32 Å². The molecule has 5 heteroatoms. The molecule has 1 aromatic carbocycles. The van der Waals surface area contributed by atoms with Crippen LogP contribution < -0.4 is 5.32 Å². The molecule has 1 aromatic heterocycles. The summed E-state index contributed by atoms with van der Waals surface area (Å²) in [6.07, 6.45) is 0. The second-order valence-corrected chi connectivity index (χ2v) is 7.51. The number of hydrogen-bond acceptors (Lipinski definition) is 2. The molecule has 0 spiro atoms. The van der Waals surface area contributed by atoms with E-state index >= 15 is 0 Å². The van der Waals surface area contributed by atoms with Crippen LogP contribution in [0, 0.1) is 13.8 Å². The molecule has 0 aliphatic rings. The van der Waals surface area contributed by atoms with Gasteiger partial charge in [-0.05, 0) is 52.3 Å². The Morgan fingerprint density at radius 1 is 1.29 bits per heavy atom. The maximum absolute atomic E-state index is 6.21. The Morgan fingerprint density at radius 3 is 2.43 bits per heavy atom. The molecular formula is C16H21BrClN3. The molecule has 0 unspecified atom stereocenters. The van der Waals surface area contributed by atoms with Crippen LogP contribution >= 0.6 is 27.5 Å². The Kier molecular flexibility index (Phi) is 4.81. The van der Waals surface area contributed by atoms with Crippen LogP contribution in [0.2, 0.25) is 5.02 Å². The van der Waals surface area contributed by atoms with Crippen LogP contribution in [0.1, 0.15) is 37.7 Å². The van der Waals surface area contributed by atoms with Crippen LogP contribution in [0.3, 0.4) is 0 Å².